The quantitative estimate of drug-likeness (QED) is 0.315. The third kappa shape index (κ3) is 7.73. The second-order valence-electron chi connectivity index (χ2n) is 8.55. The number of halogens is 3. The highest BCUT2D eigenvalue weighted by Gasteiger charge is 2.31. The number of hydrogen-bond donors (Lipinski definition) is 1. The summed E-state index contributed by atoms with van der Waals surface area (Å²) in [7, 11) is 0. The van der Waals surface area contributed by atoms with Crippen molar-refractivity contribution in [3.05, 3.63) is 105 Å². The van der Waals surface area contributed by atoms with Gasteiger partial charge >= 0.3 is 0 Å². The Morgan fingerprint density at radius 1 is 0.886 bits per heavy atom. The first-order valence-electron chi connectivity index (χ1n) is 11.6. The fourth-order valence-electron chi connectivity index (χ4n) is 3.73. The Morgan fingerprint density at radius 2 is 1.57 bits per heavy atom. The molecule has 0 aliphatic carbocycles. The highest BCUT2D eigenvalue weighted by Crippen LogP contribution is 2.25. The van der Waals surface area contributed by atoms with Crippen molar-refractivity contribution >= 4 is 46.6 Å². The number of benzene rings is 3. The minimum Gasteiger partial charge on any atom is -0.352 e. The number of carbonyl (C=O) groups is 2. The van der Waals surface area contributed by atoms with Crippen molar-refractivity contribution in [2.24, 2.45) is 0 Å². The van der Waals surface area contributed by atoms with Gasteiger partial charge in [0.1, 0.15) is 6.04 Å². The van der Waals surface area contributed by atoms with E-state index in [1.165, 1.54) is 0 Å². The predicted molar refractivity (Wildman–Crippen MR) is 144 cm³/mol. The molecule has 35 heavy (non-hydrogen) atoms. The molecule has 0 spiro atoms. The van der Waals surface area contributed by atoms with E-state index in [1.807, 2.05) is 62.4 Å². The average molecular weight is 532 g/mol. The van der Waals surface area contributed by atoms with Gasteiger partial charge in [-0.15, -0.1) is 0 Å². The van der Waals surface area contributed by atoms with Gasteiger partial charge in [0.05, 0.1) is 6.42 Å². The van der Waals surface area contributed by atoms with Gasteiger partial charge in [-0.25, -0.2) is 0 Å². The molecular weight excluding hydrogens is 503 g/mol. The van der Waals surface area contributed by atoms with Crippen LogP contribution < -0.4 is 5.32 Å². The van der Waals surface area contributed by atoms with Crippen molar-refractivity contribution < 1.29 is 9.59 Å². The molecule has 0 heterocycles. The lowest BCUT2D eigenvalue weighted by molar-refractivity contribution is -0.141. The molecule has 3 aromatic carbocycles. The van der Waals surface area contributed by atoms with Gasteiger partial charge in [0.25, 0.3) is 0 Å². The molecular formula is C28H29Cl3N2O2. The number of carbonyl (C=O) groups excluding carboxylic acids is 2. The van der Waals surface area contributed by atoms with Crippen LogP contribution in [-0.2, 0) is 29.0 Å². The van der Waals surface area contributed by atoms with Crippen molar-refractivity contribution in [2.45, 2.75) is 51.7 Å². The number of rotatable bonds is 10. The first-order valence-corrected chi connectivity index (χ1v) is 12.7. The normalized spacial score (nSPS) is 12.6. The number of hydrogen-bond acceptors (Lipinski definition) is 2. The first kappa shape index (κ1) is 27.1. The van der Waals surface area contributed by atoms with E-state index in [9.17, 15) is 9.59 Å². The van der Waals surface area contributed by atoms with E-state index in [1.54, 1.807) is 29.2 Å². The Kier molecular flexibility index (Phi) is 10.0. The lowest BCUT2D eigenvalue weighted by Gasteiger charge is -2.32. The SMILES string of the molecule is CC[C@@H](C)NC(=O)[C@@H](Cc1ccccc1)N(Cc1ccccc1Cl)C(=O)Cc1ccc(Cl)cc1Cl. The molecule has 3 aromatic rings. The molecule has 0 saturated carbocycles. The number of amides is 2. The molecule has 0 aromatic heterocycles. The van der Waals surface area contributed by atoms with E-state index in [0.29, 0.717) is 27.1 Å². The predicted octanol–water partition coefficient (Wildman–Crippen LogP) is 6.74. The van der Waals surface area contributed by atoms with Gasteiger partial charge in [0.15, 0.2) is 0 Å². The molecule has 0 saturated heterocycles. The maximum absolute atomic E-state index is 13.8. The van der Waals surface area contributed by atoms with Crippen molar-refractivity contribution in [3.8, 4) is 0 Å². The van der Waals surface area contributed by atoms with Crippen LogP contribution in [0.3, 0.4) is 0 Å². The highest BCUT2D eigenvalue weighted by atomic mass is 35.5. The monoisotopic (exact) mass is 530 g/mol. The molecule has 0 bridgehead atoms. The van der Waals surface area contributed by atoms with Crippen LogP contribution >= 0.6 is 34.8 Å². The standard InChI is InChI=1S/C28H29Cl3N2O2/c1-3-19(2)32-28(35)26(15-20-9-5-4-6-10-20)33(18-22-11-7-8-12-24(22)30)27(34)16-21-13-14-23(29)17-25(21)31/h4-14,17,19,26H,3,15-16,18H2,1-2H3,(H,32,35)/t19-,26-/m1/s1. The van der Waals surface area contributed by atoms with Crippen molar-refractivity contribution in [3.63, 3.8) is 0 Å². The second-order valence-corrected chi connectivity index (χ2v) is 9.80. The van der Waals surface area contributed by atoms with Crippen LogP contribution in [0.25, 0.3) is 0 Å². The van der Waals surface area contributed by atoms with Gasteiger partial charge in [-0.05, 0) is 48.2 Å². The molecule has 184 valence electrons. The fourth-order valence-corrected chi connectivity index (χ4v) is 4.41. The molecule has 0 radical (unpaired) electrons. The smallest absolute Gasteiger partial charge is 0.243 e. The molecule has 7 heteroatoms. The van der Waals surface area contributed by atoms with Gasteiger partial charge in [0.2, 0.25) is 11.8 Å². The molecule has 0 aliphatic rings. The third-order valence-electron chi connectivity index (χ3n) is 5.93. The molecule has 0 aliphatic heterocycles. The van der Waals surface area contributed by atoms with E-state index in [4.69, 9.17) is 34.8 Å². The average Bonchev–Trinajstić information content (AvgIpc) is 2.84. The van der Waals surface area contributed by atoms with Gasteiger partial charge < -0.3 is 10.2 Å². The fraction of sp³-hybridized carbons (Fsp3) is 0.286. The molecule has 0 unspecified atom stereocenters. The van der Waals surface area contributed by atoms with E-state index >= 15 is 0 Å². The summed E-state index contributed by atoms with van der Waals surface area (Å²) < 4.78 is 0. The summed E-state index contributed by atoms with van der Waals surface area (Å²) in [5, 5.41) is 4.50. The van der Waals surface area contributed by atoms with Gasteiger partial charge in [-0.3, -0.25) is 9.59 Å². The van der Waals surface area contributed by atoms with Crippen LogP contribution in [-0.4, -0.2) is 28.8 Å². The molecule has 4 nitrogen and oxygen atoms in total. The van der Waals surface area contributed by atoms with Crippen molar-refractivity contribution in [1.82, 2.24) is 10.2 Å². The zero-order chi connectivity index (χ0) is 25.4. The van der Waals surface area contributed by atoms with Crippen LogP contribution in [0.1, 0.15) is 37.0 Å². The van der Waals surface area contributed by atoms with Crippen LogP contribution in [0.4, 0.5) is 0 Å². The second kappa shape index (κ2) is 13.0. The Labute approximate surface area is 222 Å². The van der Waals surface area contributed by atoms with Crippen LogP contribution in [0.2, 0.25) is 15.1 Å². The summed E-state index contributed by atoms with van der Waals surface area (Å²) in [6.45, 7) is 4.15. The van der Waals surface area contributed by atoms with Gasteiger partial charge in [0, 0.05) is 34.1 Å². The Balaban J connectivity index is 2.00. The molecule has 1 N–H and O–H groups in total. The zero-order valence-electron chi connectivity index (χ0n) is 19.8. The maximum atomic E-state index is 13.8. The highest BCUT2D eigenvalue weighted by molar-refractivity contribution is 6.35. The van der Waals surface area contributed by atoms with Crippen molar-refractivity contribution in [2.75, 3.05) is 0 Å². The number of nitrogens with zero attached hydrogens (tertiary/aromatic N) is 1. The maximum Gasteiger partial charge on any atom is 0.243 e. The first-order chi connectivity index (χ1) is 16.8. The Hall–Kier alpha value is -2.53. The van der Waals surface area contributed by atoms with Crippen LogP contribution in [0.5, 0.6) is 0 Å². The van der Waals surface area contributed by atoms with Crippen LogP contribution in [0.15, 0.2) is 72.8 Å². The van der Waals surface area contributed by atoms with E-state index in [-0.39, 0.29) is 30.8 Å². The topological polar surface area (TPSA) is 49.4 Å². The van der Waals surface area contributed by atoms with E-state index < -0.39 is 6.04 Å². The summed E-state index contributed by atoms with van der Waals surface area (Å²) >= 11 is 18.9. The zero-order valence-corrected chi connectivity index (χ0v) is 22.1. The molecule has 2 atom stereocenters. The summed E-state index contributed by atoms with van der Waals surface area (Å²) in [4.78, 5) is 28.9. The molecule has 0 fully saturated rings. The lowest BCUT2D eigenvalue weighted by Crippen LogP contribution is -2.52. The number of nitrogens with one attached hydrogen (secondary N) is 1. The van der Waals surface area contributed by atoms with Gasteiger partial charge in [-0.1, -0.05) is 96.3 Å². The Bertz CT molecular complexity index is 1150. The largest absolute Gasteiger partial charge is 0.352 e. The minimum atomic E-state index is -0.735. The summed E-state index contributed by atoms with van der Waals surface area (Å²) in [6, 6.07) is 21.3. The molecule has 2 amide bonds. The van der Waals surface area contributed by atoms with E-state index in [0.717, 1.165) is 17.5 Å². The lowest BCUT2D eigenvalue weighted by atomic mass is 10.0. The summed E-state index contributed by atoms with van der Waals surface area (Å²) in [5.74, 6) is -0.430. The minimum absolute atomic E-state index is 0.0243. The Morgan fingerprint density at radius 3 is 2.23 bits per heavy atom. The summed E-state index contributed by atoms with van der Waals surface area (Å²) in [6.07, 6.45) is 1.18. The van der Waals surface area contributed by atoms with Crippen molar-refractivity contribution in [1.29, 1.82) is 0 Å². The third-order valence-corrected chi connectivity index (χ3v) is 6.88. The van der Waals surface area contributed by atoms with Crippen LogP contribution in [0, 0.1) is 0 Å². The summed E-state index contributed by atoms with van der Waals surface area (Å²) in [5.41, 5.74) is 2.36. The molecule has 3 rings (SSSR count). The van der Waals surface area contributed by atoms with Gasteiger partial charge in [-0.2, -0.15) is 0 Å². The van der Waals surface area contributed by atoms with E-state index in [2.05, 4.69) is 5.32 Å².